The fraction of sp³-hybridized carbons (Fsp3) is 0.242. The van der Waals surface area contributed by atoms with Gasteiger partial charge in [-0.3, -0.25) is 0 Å². The van der Waals surface area contributed by atoms with E-state index in [-0.39, 0.29) is 76.4 Å². The molecule has 0 radical (unpaired) electrons. The summed E-state index contributed by atoms with van der Waals surface area (Å²) in [7, 11) is 0. The van der Waals surface area contributed by atoms with Gasteiger partial charge in [-0.05, 0) is 66.4 Å². The number of aromatic hydroxyl groups is 1. The van der Waals surface area contributed by atoms with Crippen molar-refractivity contribution in [1.29, 1.82) is 0 Å². The van der Waals surface area contributed by atoms with Crippen LogP contribution in [0, 0.1) is 11.6 Å². The van der Waals surface area contributed by atoms with Crippen LogP contribution in [-0.2, 0) is 12.8 Å². The molecule has 43 heavy (non-hydrogen) atoms. The van der Waals surface area contributed by atoms with Crippen molar-refractivity contribution in [2.45, 2.75) is 39.5 Å². The average molecular weight is 611 g/mol. The predicted molar refractivity (Wildman–Crippen MR) is 167 cm³/mol. The zero-order valence-corrected chi connectivity index (χ0v) is 23.0. The molecule has 0 atom stereocenters. The number of aromatic carboxylic acids is 1. The zero-order valence-electron chi connectivity index (χ0n) is 23.0. The Morgan fingerprint density at radius 1 is 0.814 bits per heavy atom. The molecule has 4 aromatic rings. The molecular formula is C33H34F2Na2O6. The minimum atomic E-state index is -1.41. The Bertz CT molecular complexity index is 1510. The number of hydrogen-bond donors (Lipinski definition) is 2. The second-order valence-corrected chi connectivity index (χ2v) is 9.39. The van der Waals surface area contributed by atoms with E-state index in [1.807, 2.05) is 26.0 Å². The van der Waals surface area contributed by atoms with Crippen LogP contribution in [0.5, 0.6) is 28.7 Å². The number of aryl methyl sites for hydroxylation is 1. The third-order valence-corrected chi connectivity index (χ3v) is 6.52. The van der Waals surface area contributed by atoms with Crippen LogP contribution in [0.3, 0.4) is 0 Å². The Labute approximate surface area is 294 Å². The van der Waals surface area contributed by atoms with Crippen molar-refractivity contribution in [1.82, 2.24) is 0 Å². The van der Waals surface area contributed by atoms with Gasteiger partial charge >= 0.3 is 65.1 Å². The molecule has 2 N–H and O–H groups in total. The van der Waals surface area contributed by atoms with Gasteiger partial charge in [0.1, 0.15) is 45.9 Å². The maximum atomic E-state index is 14.2. The quantitative estimate of drug-likeness (QED) is 0.127. The van der Waals surface area contributed by atoms with E-state index in [0.717, 1.165) is 23.6 Å². The van der Waals surface area contributed by atoms with Crippen molar-refractivity contribution in [2.24, 2.45) is 0 Å². The van der Waals surface area contributed by atoms with E-state index >= 15 is 0 Å². The molecule has 0 aliphatic heterocycles. The molecule has 0 spiro atoms. The van der Waals surface area contributed by atoms with E-state index in [1.165, 1.54) is 24.3 Å². The fourth-order valence-electron chi connectivity index (χ4n) is 4.50. The maximum absolute atomic E-state index is 14.2. The summed E-state index contributed by atoms with van der Waals surface area (Å²) in [5.41, 5.74) is 2.46. The zero-order chi connectivity index (χ0) is 29.4. The molecule has 0 fully saturated rings. The molecule has 0 heterocycles. The van der Waals surface area contributed by atoms with Gasteiger partial charge in [0.25, 0.3) is 0 Å². The predicted octanol–water partition coefficient (Wildman–Crippen LogP) is 6.89. The van der Waals surface area contributed by atoms with Gasteiger partial charge in [0.15, 0.2) is 0 Å². The van der Waals surface area contributed by atoms with Crippen LogP contribution < -0.4 is 14.2 Å². The van der Waals surface area contributed by atoms with Crippen LogP contribution >= 0.6 is 0 Å². The second kappa shape index (κ2) is 17.6. The molecule has 218 valence electrons. The average Bonchev–Trinajstić information content (AvgIpc) is 2.95. The first kappa shape index (κ1) is 36.6. The second-order valence-electron chi connectivity index (χ2n) is 9.39. The Morgan fingerprint density at radius 2 is 1.44 bits per heavy atom. The van der Waals surface area contributed by atoms with E-state index in [0.29, 0.717) is 60.9 Å². The van der Waals surface area contributed by atoms with Crippen LogP contribution in [0.15, 0.2) is 72.8 Å². The summed E-state index contributed by atoms with van der Waals surface area (Å²) < 4.78 is 45.4. The Hall–Kier alpha value is -2.59. The first-order valence-corrected chi connectivity index (χ1v) is 13.5. The number of halogens is 2. The number of phenolic OH excluding ortho intramolecular Hbond substituents is 1. The van der Waals surface area contributed by atoms with Gasteiger partial charge in [0.05, 0.1) is 13.2 Å². The number of carbonyl (C=O) groups is 1. The van der Waals surface area contributed by atoms with Crippen LogP contribution in [0.2, 0.25) is 0 Å². The molecule has 0 unspecified atom stereocenters. The summed E-state index contributed by atoms with van der Waals surface area (Å²) in [4.78, 5) is 11.6. The summed E-state index contributed by atoms with van der Waals surface area (Å²) in [5, 5.41) is 20.0. The van der Waals surface area contributed by atoms with Gasteiger partial charge < -0.3 is 24.4 Å². The van der Waals surface area contributed by atoms with Crippen LogP contribution in [0.4, 0.5) is 8.78 Å². The van der Waals surface area contributed by atoms with Crippen LogP contribution in [0.25, 0.3) is 11.1 Å². The Morgan fingerprint density at radius 3 is 2.09 bits per heavy atom. The number of benzene rings is 4. The molecule has 0 bridgehead atoms. The first-order valence-electron chi connectivity index (χ1n) is 13.5. The van der Waals surface area contributed by atoms with E-state index in [9.17, 15) is 23.8 Å². The molecule has 4 aromatic carbocycles. The van der Waals surface area contributed by atoms with Gasteiger partial charge in [0, 0.05) is 23.6 Å². The first-order chi connectivity index (χ1) is 19.8. The number of carboxylic acid groups (broad SMARTS) is 1. The van der Waals surface area contributed by atoms with Gasteiger partial charge in [-0.2, -0.15) is 0 Å². The van der Waals surface area contributed by atoms with Crippen molar-refractivity contribution in [3.63, 3.8) is 0 Å². The molecule has 0 amide bonds. The Kier molecular flexibility index (Phi) is 15.0. The van der Waals surface area contributed by atoms with Gasteiger partial charge in [-0.1, -0.05) is 44.5 Å². The topological polar surface area (TPSA) is 85.2 Å². The van der Waals surface area contributed by atoms with Gasteiger partial charge in [-0.25, -0.2) is 13.6 Å². The number of carboxylic acids is 1. The molecule has 0 aromatic heterocycles. The van der Waals surface area contributed by atoms with Crippen molar-refractivity contribution < 1.29 is 38.0 Å². The summed E-state index contributed by atoms with van der Waals surface area (Å²) in [6.45, 7) is 4.67. The third kappa shape index (κ3) is 9.45. The SMILES string of the molecule is CCCc1c(OCCCOc2cc(O)c(-c3ccc(F)cc3)cc2CC)cccc1Oc1cccc(F)c1C(=O)O.[NaH].[NaH]. The number of ether oxygens (including phenoxy) is 3. The summed E-state index contributed by atoms with van der Waals surface area (Å²) in [5.74, 6) is -1.10. The normalized spacial score (nSPS) is 10.3. The fourth-order valence-corrected chi connectivity index (χ4v) is 4.50. The monoisotopic (exact) mass is 610 g/mol. The van der Waals surface area contributed by atoms with Crippen molar-refractivity contribution in [2.75, 3.05) is 13.2 Å². The van der Waals surface area contributed by atoms with Crippen LogP contribution in [-0.4, -0.2) is 88.5 Å². The van der Waals surface area contributed by atoms with E-state index in [1.54, 1.807) is 30.3 Å². The van der Waals surface area contributed by atoms with E-state index in [2.05, 4.69) is 0 Å². The van der Waals surface area contributed by atoms with Crippen molar-refractivity contribution in [3.05, 3.63) is 101 Å². The molecular weight excluding hydrogens is 576 g/mol. The van der Waals surface area contributed by atoms with Crippen molar-refractivity contribution >= 4 is 65.1 Å². The van der Waals surface area contributed by atoms with E-state index in [4.69, 9.17) is 14.2 Å². The molecule has 0 saturated heterocycles. The summed E-state index contributed by atoms with van der Waals surface area (Å²) >= 11 is 0. The third-order valence-electron chi connectivity index (χ3n) is 6.52. The molecule has 0 saturated carbocycles. The summed E-state index contributed by atoms with van der Waals surface area (Å²) in [6.07, 6.45) is 2.63. The van der Waals surface area contributed by atoms with Crippen molar-refractivity contribution in [3.8, 4) is 39.9 Å². The Balaban J connectivity index is 0.00000323. The van der Waals surface area contributed by atoms with Gasteiger partial charge in [-0.15, -0.1) is 0 Å². The van der Waals surface area contributed by atoms with Gasteiger partial charge in [0.2, 0.25) is 0 Å². The van der Waals surface area contributed by atoms with E-state index < -0.39 is 17.3 Å². The molecule has 0 aliphatic carbocycles. The number of hydrogen-bond acceptors (Lipinski definition) is 5. The summed E-state index contributed by atoms with van der Waals surface area (Å²) in [6, 6.07) is 18.5. The molecule has 6 nitrogen and oxygen atoms in total. The molecule has 4 rings (SSSR count). The molecule has 10 heteroatoms. The van der Waals surface area contributed by atoms with Crippen LogP contribution in [0.1, 0.15) is 48.2 Å². The molecule has 0 aliphatic rings. The minimum absolute atomic E-state index is 0. The standard InChI is InChI=1S/C33H32F2O6.2Na.2H/c1-3-8-24-28(10-6-11-29(24)41-30-12-5-9-26(35)32(30)33(37)38)39-17-7-18-40-31-20-27(36)25(19-21(31)4-2)22-13-15-23(34)16-14-22;;;;/h5-6,9-16,19-20,36H,3-4,7-8,17-18H2,1-2H3,(H,37,38);;;;. The number of phenols is 1. The number of rotatable bonds is 13.